The van der Waals surface area contributed by atoms with Crippen LogP contribution in [0, 0.1) is 6.92 Å². The molecular formula is C13H17ClN2O2S. The first kappa shape index (κ1) is 15.9. The number of amides is 2. The van der Waals surface area contributed by atoms with Crippen molar-refractivity contribution in [3.05, 3.63) is 28.8 Å². The van der Waals surface area contributed by atoms with Crippen molar-refractivity contribution in [1.82, 2.24) is 0 Å². The Hall–Kier alpha value is -1.20. The van der Waals surface area contributed by atoms with Crippen LogP contribution >= 0.6 is 23.4 Å². The van der Waals surface area contributed by atoms with Gasteiger partial charge in [-0.05, 0) is 37.1 Å². The maximum absolute atomic E-state index is 11.8. The maximum atomic E-state index is 11.8. The second-order valence-electron chi connectivity index (χ2n) is 4.12. The molecule has 1 unspecified atom stereocenters. The highest BCUT2D eigenvalue weighted by atomic mass is 35.5. The smallest absolute Gasteiger partial charge is 0.234 e. The van der Waals surface area contributed by atoms with Crippen molar-refractivity contribution in [3.63, 3.8) is 0 Å². The van der Waals surface area contributed by atoms with E-state index in [1.165, 1.54) is 11.8 Å². The minimum Gasteiger partial charge on any atom is -0.369 e. The summed E-state index contributed by atoms with van der Waals surface area (Å²) in [5, 5.41) is 3.09. The molecule has 0 heterocycles. The first-order chi connectivity index (χ1) is 8.93. The predicted molar refractivity (Wildman–Crippen MR) is 80.6 cm³/mol. The largest absolute Gasteiger partial charge is 0.369 e. The fraction of sp³-hybridized carbons (Fsp3) is 0.385. The zero-order chi connectivity index (χ0) is 14.4. The number of anilines is 1. The van der Waals surface area contributed by atoms with Crippen LogP contribution in [0.25, 0.3) is 0 Å². The summed E-state index contributed by atoms with van der Waals surface area (Å²) in [5.74, 6) is -0.346. The standard InChI is InChI=1S/C13H17ClN2O2S/c1-3-11(13(15)18)19-7-12(17)16-10-5-4-9(14)6-8(10)2/h4-6,11H,3,7H2,1-2H3,(H2,15,18)(H,16,17). The molecule has 0 fully saturated rings. The van der Waals surface area contributed by atoms with Crippen molar-refractivity contribution in [3.8, 4) is 0 Å². The minimum atomic E-state index is -0.386. The van der Waals surface area contributed by atoms with Crippen molar-refractivity contribution in [2.45, 2.75) is 25.5 Å². The van der Waals surface area contributed by atoms with E-state index in [2.05, 4.69) is 5.32 Å². The third-order valence-electron chi connectivity index (χ3n) is 2.57. The van der Waals surface area contributed by atoms with Gasteiger partial charge in [0.1, 0.15) is 0 Å². The van der Waals surface area contributed by atoms with Gasteiger partial charge in [0.25, 0.3) is 0 Å². The first-order valence-corrected chi connectivity index (χ1v) is 7.33. The summed E-state index contributed by atoms with van der Waals surface area (Å²) in [4.78, 5) is 22.8. The normalized spacial score (nSPS) is 11.9. The summed E-state index contributed by atoms with van der Waals surface area (Å²) in [6.07, 6.45) is 0.618. The van der Waals surface area contributed by atoms with Crippen LogP contribution in [-0.4, -0.2) is 22.8 Å². The van der Waals surface area contributed by atoms with Gasteiger partial charge >= 0.3 is 0 Å². The van der Waals surface area contributed by atoms with E-state index >= 15 is 0 Å². The summed E-state index contributed by atoms with van der Waals surface area (Å²) in [6, 6.07) is 5.25. The van der Waals surface area contributed by atoms with Gasteiger partial charge in [-0.15, -0.1) is 11.8 Å². The second-order valence-corrected chi connectivity index (χ2v) is 5.75. The van der Waals surface area contributed by atoms with Crippen molar-refractivity contribution < 1.29 is 9.59 Å². The number of aryl methyl sites for hydroxylation is 1. The van der Waals surface area contributed by atoms with E-state index in [0.29, 0.717) is 11.4 Å². The number of nitrogens with two attached hydrogens (primary N) is 1. The zero-order valence-electron chi connectivity index (χ0n) is 10.9. The molecule has 104 valence electrons. The van der Waals surface area contributed by atoms with Crippen LogP contribution in [0.2, 0.25) is 5.02 Å². The van der Waals surface area contributed by atoms with Crippen molar-refractivity contribution in [2.24, 2.45) is 5.73 Å². The molecule has 0 spiro atoms. The summed E-state index contributed by atoms with van der Waals surface area (Å²) in [7, 11) is 0. The molecule has 0 radical (unpaired) electrons. The number of carbonyl (C=O) groups is 2. The van der Waals surface area contributed by atoms with E-state index in [4.69, 9.17) is 17.3 Å². The lowest BCUT2D eigenvalue weighted by Gasteiger charge is -2.11. The third-order valence-corrected chi connectivity index (χ3v) is 4.20. The highest BCUT2D eigenvalue weighted by Crippen LogP contribution is 2.20. The van der Waals surface area contributed by atoms with Crippen molar-refractivity contribution in [2.75, 3.05) is 11.1 Å². The van der Waals surface area contributed by atoms with Crippen LogP contribution in [0.4, 0.5) is 5.69 Å². The van der Waals surface area contributed by atoms with Gasteiger partial charge in [0.05, 0.1) is 11.0 Å². The average molecular weight is 301 g/mol. The van der Waals surface area contributed by atoms with Crippen molar-refractivity contribution >= 4 is 40.9 Å². The highest BCUT2D eigenvalue weighted by Gasteiger charge is 2.15. The molecule has 0 saturated carbocycles. The molecule has 2 amide bonds. The van der Waals surface area contributed by atoms with Gasteiger partial charge in [0.2, 0.25) is 11.8 Å². The number of primary amides is 1. The molecule has 0 bridgehead atoms. The van der Waals surface area contributed by atoms with Crippen LogP contribution in [0.1, 0.15) is 18.9 Å². The Morgan fingerprint density at radius 1 is 1.47 bits per heavy atom. The van der Waals surface area contributed by atoms with E-state index in [1.807, 2.05) is 13.8 Å². The number of carbonyl (C=O) groups excluding carboxylic acids is 2. The van der Waals surface area contributed by atoms with Gasteiger partial charge in [-0.3, -0.25) is 9.59 Å². The molecule has 4 nitrogen and oxygen atoms in total. The third kappa shape index (κ3) is 5.12. The molecule has 6 heteroatoms. The quantitative estimate of drug-likeness (QED) is 0.848. The molecule has 0 saturated heterocycles. The topological polar surface area (TPSA) is 72.2 Å². The van der Waals surface area contributed by atoms with E-state index in [-0.39, 0.29) is 22.8 Å². The Balaban J connectivity index is 2.53. The average Bonchev–Trinajstić information content (AvgIpc) is 2.33. The number of halogens is 1. The van der Waals surface area contributed by atoms with E-state index in [0.717, 1.165) is 11.3 Å². The molecule has 0 aliphatic heterocycles. The Kier molecular flexibility index (Phi) is 6.18. The first-order valence-electron chi connectivity index (χ1n) is 5.91. The maximum Gasteiger partial charge on any atom is 0.234 e. The Bertz CT molecular complexity index is 480. The van der Waals surface area contributed by atoms with Crippen LogP contribution in [0.15, 0.2) is 18.2 Å². The number of hydrogen-bond acceptors (Lipinski definition) is 3. The van der Waals surface area contributed by atoms with E-state index < -0.39 is 0 Å². The van der Waals surface area contributed by atoms with Gasteiger partial charge in [0, 0.05) is 10.7 Å². The highest BCUT2D eigenvalue weighted by molar-refractivity contribution is 8.01. The summed E-state index contributed by atoms with van der Waals surface area (Å²) >= 11 is 7.10. The lowest BCUT2D eigenvalue weighted by molar-refractivity contribution is -0.117. The molecule has 19 heavy (non-hydrogen) atoms. The lowest BCUT2D eigenvalue weighted by atomic mass is 10.2. The second kappa shape index (κ2) is 7.40. The molecule has 0 aliphatic rings. The fourth-order valence-corrected chi connectivity index (χ4v) is 2.58. The number of rotatable bonds is 6. The number of nitrogens with one attached hydrogen (secondary N) is 1. The minimum absolute atomic E-state index is 0.157. The van der Waals surface area contributed by atoms with Gasteiger partial charge in [-0.1, -0.05) is 18.5 Å². The zero-order valence-corrected chi connectivity index (χ0v) is 12.5. The van der Waals surface area contributed by atoms with E-state index in [9.17, 15) is 9.59 Å². The molecule has 1 rings (SSSR count). The van der Waals surface area contributed by atoms with Crippen LogP contribution < -0.4 is 11.1 Å². The monoisotopic (exact) mass is 300 g/mol. The Morgan fingerprint density at radius 3 is 2.68 bits per heavy atom. The summed E-state index contributed by atoms with van der Waals surface area (Å²) < 4.78 is 0. The molecule has 1 atom stereocenters. The van der Waals surface area contributed by atoms with E-state index in [1.54, 1.807) is 18.2 Å². The number of benzene rings is 1. The lowest BCUT2D eigenvalue weighted by Crippen LogP contribution is -2.27. The molecule has 3 N–H and O–H groups in total. The molecule has 0 aromatic heterocycles. The molecule has 1 aromatic rings. The number of thioether (sulfide) groups is 1. The van der Waals surface area contributed by atoms with Gasteiger partial charge < -0.3 is 11.1 Å². The SMILES string of the molecule is CCC(SCC(=O)Nc1ccc(Cl)cc1C)C(N)=O. The van der Waals surface area contributed by atoms with Crippen LogP contribution in [0.5, 0.6) is 0 Å². The van der Waals surface area contributed by atoms with Crippen LogP contribution in [0.3, 0.4) is 0 Å². The Morgan fingerprint density at radius 2 is 2.16 bits per heavy atom. The molecule has 0 aliphatic carbocycles. The number of hydrogen-bond donors (Lipinski definition) is 2. The van der Waals surface area contributed by atoms with Crippen LogP contribution in [-0.2, 0) is 9.59 Å². The van der Waals surface area contributed by atoms with Gasteiger partial charge in [0.15, 0.2) is 0 Å². The summed E-state index contributed by atoms with van der Waals surface area (Å²) in [5.41, 5.74) is 6.84. The Labute approximate surface area is 122 Å². The fourth-order valence-electron chi connectivity index (χ4n) is 1.53. The summed E-state index contributed by atoms with van der Waals surface area (Å²) in [6.45, 7) is 3.73. The predicted octanol–water partition coefficient (Wildman–Crippen LogP) is 2.58. The molecular weight excluding hydrogens is 284 g/mol. The van der Waals surface area contributed by atoms with Crippen molar-refractivity contribution in [1.29, 1.82) is 0 Å². The molecule has 1 aromatic carbocycles. The van der Waals surface area contributed by atoms with Gasteiger partial charge in [-0.2, -0.15) is 0 Å². The van der Waals surface area contributed by atoms with Gasteiger partial charge in [-0.25, -0.2) is 0 Å².